The molecule has 2 aliphatic heterocycles. The molecule has 8 heteroatoms. The Kier molecular flexibility index (Phi) is 5.52. The molecule has 0 saturated carbocycles. The summed E-state index contributed by atoms with van der Waals surface area (Å²) in [5.74, 6) is 12.2. The fraction of sp³-hybridized carbons (Fsp3) is 0.353. The number of allylic oxidation sites excluding steroid dienone is 4. The minimum absolute atomic E-state index is 0.00844. The molecule has 7 N–H and O–H groups in total. The third kappa shape index (κ3) is 3.46. The predicted molar refractivity (Wildman–Crippen MR) is 103 cm³/mol. The first-order chi connectivity index (χ1) is 12.2. The lowest BCUT2D eigenvalue weighted by atomic mass is 9.92. The molecular formula is C17H24N6OS. The Morgan fingerprint density at radius 3 is 2.96 bits per heavy atom. The van der Waals surface area contributed by atoms with Crippen LogP contribution >= 0.6 is 11.8 Å². The van der Waals surface area contributed by atoms with E-state index in [-0.39, 0.29) is 11.1 Å². The molecule has 2 heterocycles. The maximum atomic E-state index is 10.3. The number of nitrogens with one attached hydrogen (secondary N) is 2. The zero-order valence-corrected chi connectivity index (χ0v) is 14.9. The molecule has 1 atom stereocenters. The quantitative estimate of drug-likeness (QED) is 0.167. The van der Waals surface area contributed by atoms with Gasteiger partial charge in [-0.25, -0.2) is 5.84 Å². The second-order valence-corrected chi connectivity index (χ2v) is 7.13. The Hall–Kier alpha value is -2.16. The maximum Gasteiger partial charge on any atom is 0.140 e. The second kappa shape index (κ2) is 7.81. The highest BCUT2D eigenvalue weighted by Gasteiger charge is 2.37. The van der Waals surface area contributed by atoms with Crippen molar-refractivity contribution in [3.63, 3.8) is 0 Å². The summed E-state index contributed by atoms with van der Waals surface area (Å²) in [6.07, 6.45) is 10.6. The minimum Gasteiger partial charge on any atom is -0.506 e. The van der Waals surface area contributed by atoms with Gasteiger partial charge in [-0.1, -0.05) is 6.58 Å². The van der Waals surface area contributed by atoms with Gasteiger partial charge < -0.3 is 16.3 Å². The van der Waals surface area contributed by atoms with E-state index >= 15 is 0 Å². The highest BCUT2D eigenvalue weighted by Crippen LogP contribution is 2.49. The second-order valence-electron chi connectivity index (χ2n) is 5.93. The molecular weight excluding hydrogens is 336 g/mol. The van der Waals surface area contributed by atoms with Crippen molar-refractivity contribution in [2.24, 2.45) is 16.8 Å². The summed E-state index contributed by atoms with van der Waals surface area (Å²) in [5.41, 5.74) is 2.99. The first-order valence-electron chi connectivity index (χ1n) is 8.28. The monoisotopic (exact) mass is 360 g/mol. The number of hydrazone groups is 1. The molecule has 3 rings (SSSR count). The van der Waals surface area contributed by atoms with Crippen LogP contribution in [0.1, 0.15) is 25.7 Å². The number of hydrogen-bond donors (Lipinski definition) is 5. The van der Waals surface area contributed by atoms with Crippen LogP contribution in [0.25, 0.3) is 0 Å². The average molecular weight is 360 g/mol. The summed E-state index contributed by atoms with van der Waals surface area (Å²) in [7, 11) is 0. The summed E-state index contributed by atoms with van der Waals surface area (Å²) in [5, 5.41) is 22.2. The van der Waals surface area contributed by atoms with E-state index in [9.17, 15) is 5.11 Å². The van der Waals surface area contributed by atoms with E-state index in [1.807, 2.05) is 11.8 Å². The van der Waals surface area contributed by atoms with Crippen molar-refractivity contribution in [3.8, 4) is 0 Å². The molecule has 0 fully saturated rings. The summed E-state index contributed by atoms with van der Waals surface area (Å²) in [4.78, 5) is 1.46. The van der Waals surface area contributed by atoms with Gasteiger partial charge in [0.05, 0.1) is 12.0 Å². The van der Waals surface area contributed by atoms with E-state index in [4.69, 9.17) is 11.7 Å². The third-order valence-electron chi connectivity index (χ3n) is 4.45. The van der Waals surface area contributed by atoms with Gasteiger partial charge >= 0.3 is 0 Å². The van der Waals surface area contributed by atoms with Crippen molar-refractivity contribution < 1.29 is 5.11 Å². The third-order valence-corrected chi connectivity index (χ3v) is 5.82. The van der Waals surface area contributed by atoms with Gasteiger partial charge in [-0.15, -0.1) is 11.8 Å². The Bertz CT molecular complexity index is 706. The van der Waals surface area contributed by atoms with Crippen LogP contribution in [-0.2, 0) is 0 Å². The van der Waals surface area contributed by atoms with Crippen molar-refractivity contribution in [1.29, 1.82) is 0 Å². The molecule has 1 unspecified atom stereocenters. The molecule has 134 valence electrons. The zero-order valence-electron chi connectivity index (χ0n) is 14.0. The molecule has 0 aromatic carbocycles. The highest BCUT2D eigenvalue weighted by molar-refractivity contribution is 8.04. The van der Waals surface area contributed by atoms with Gasteiger partial charge in [0.1, 0.15) is 17.3 Å². The first kappa shape index (κ1) is 17.7. The zero-order chi connectivity index (χ0) is 17.8. The van der Waals surface area contributed by atoms with Crippen LogP contribution in [0.3, 0.4) is 0 Å². The SMILES string of the molecule is C=C/C(=C(O)\C=C\C=NN)N(N)C1=C2C3=C(CCCC3)SC2NCN1. The van der Waals surface area contributed by atoms with E-state index in [0.29, 0.717) is 12.4 Å². The number of nitrogens with two attached hydrogens (primary N) is 2. The number of hydrazine groups is 1. The van der Waals surface area contributed by atoms with Crippen molar-refractivity contribution in [2.45, 2.75) is 31.1 Å². The van der Waals surface area contributed by atoms with Crippen LogP contribution in [0.15, 0.2) is 63.2 Å². The van der Waals surface area contributed by atoms with Crippen LogP contribution in [-0.4, -0.2) is 28.4 Å². The average Bonchev–Trinajstić information content (AvgIpc) is 3.01. The first-order valence-corrected chi connectivity index (χ1v) is 9.16. The van der Waals surface area contributed by atoms with E-state index in [1.54, 1.807) is 0 Å². The number of hydrogen-bond acceptors (Lipinski definition) is 8. The summed E-state index contributed by atoms with van der Waals surface area (Å²) in [6, 6.07) is 0. The molecule has 0 spiro atoms. The fourth-order valence-electron chi connectivity index (χ4n) is 3.32. The largest absolute Gasteiger partial charge is 0.506 e. The topological polar surface area (TPSA) is 112 Å². The van der Waals surface area contributed by atoms with Gasteiger partial charge in [0.15, 0.2) is 0 Å². The maximum absolute atomic E-state index is 10.3. The lowest BCUT2D eigenvalue weighted by Gasteiger charge is -2.33. The summed E-state index contributed by atoms with van der Waals surface area (Å²) < 4.78 is 0. The number of fused-ring (bicyclic) bond motifs is 2. The van der Waals surface area contributed by atoms with Gasteiger partial charge in [-0.05, 0) is 54.4 Å². The molecule has 0 bridgehead atoms. The van der Waals surface area contributed by atoms with Crippen molar-refractivity contribution in [2.75, 3.05) is 6.67 Å². The van der Waals surface area contributed by atoms with Gasteiger partial charge in [-0.3, -0.25) is 10.3 Å². The van der Waals surface area contributed by atoms with E-state index in [1.165, 1.54) is 58.3 Å². The lowest BCUT2D eigenvalue weighted by molar-refractivity contribution is 0.349. The smallest absolute Gasteiger partial charge is 0.140 e. The van der Waals surface area contributed by atoms with Gasteiger partial charge in [0, 0.05) is 11.8 Å². The summed E-state index contributed by atoms with van der Waals surface area (Å²) >= 11 is 1.88. The molecule has 25 heavy (non-hydrogen) atoms. The molecule has 0 saturated heterocycles. The van der Waals surface area contributed by atoms with Gasteiger partial charge in [0.2, 0.25) is 0 Å². The molecule has 3 aliphatic rings. The number of thioether (sulfide) groups is 1. The number of rotatable bonds is 5. The van der Waals surface area contributed by atoms with Crippen molar-refractivity contribution >= 4 is 18.0 Å². The highest BCUT2D eigenvalue weighted by atomic mass is 32.2. The fourth-order valence-corrected chi connectivity index (χ4v) is 4.76. The van der Waals surface area contributed by atoms with Gasteiger partial charge in [-0.2, -0.15) is 5.10 Å². The molecule has 7 nitrogen and oxygen atoms in total. The van der Waals surface area contributed by atoms with Crippen LogP contribution in [0.5, 0.6) is 0 Å². The van der Waals surface area contributed by atoms with Crippen LogP contribution < -0.4 is 22.3 Å². The van der Waals surface area contributed by atoms with Crippen LogP contribution in [0.2, 0.25) is 0 Å². The standard InChI is InChI=1S/C17H24N6OS/c1-2-12(13(24)7-5-9-22-18)23(19)16-15-11-6-3-4-8-14(11)25-17(15)21-10-20-16/h2,5,7,9,17,20-21,24H,1,3-4,6,8,10,18-19H2/b7-5+,13-12-,22-9?. The minimum atomic E-state index is -0.00844. The summed E-state index contributed by atoms with van der Waals surface area (Å²) in [6.45, 7) is 4.39. The van der Waals surface area contributed by atoms with Crippen molar-refractivity contribution in [1.82, 2.24) is 15.6 Å². The Morgan fingerprint density at radius 1 is 1.40 bits per heavy atom. The molecule has 0 radical (unpaired) electrons. The Balaban J connectivity index is 1.99. The molecule has 0 aromatic heterocycles. The predicted octanol–water partition coefficient (Wildman–Crippen LogP) is 1.88. The molecule has 0 aromatic rings. The van der Waals surface area contributed by atoms with Crippen LogP contribution in [0.4, 0.5) is 0 Å². The van der Waals surface area contributed by atoms with E-state index in [0.717, 1.165) is 18.7 Å². The van der Waals surface area contributed by atoms with Gasteiger partial charge in [0.25, 0.3) is 0 Å². The molecule has 0 amide bonds. The Labute approximate surface area is 151 Å². The Morgan fingerprint density at radius 2 is 2.20 bits per heavy atom. The number of aliphatic hydroxyl groups excluding tert-OH is 1. The van der Waals surface area contributed by atoms with E-state index < -0.39 is 0 Å². The normalized spacial score (nSPS) is 24.3. The lowest BCUT2D eigenvalue weighted by Crippen LogP contribution is -2.48. The van der Waals surface area contributed by atoms with E-state index in [2.05, 4.69) is 22.3 Å². The molecule has 1 aliphatic carbocycles. The number of aliphatic hydroxyl groups is 1. The van der Waals surface area contributed by atoms with Crippen LogP contribution in [0, 0.1) is 0 Å². The van der Waals surface area contributed by atoms with Crippen molar-refractivity contribution in [3.05, 3.63) is 58.1 Å². The number of nitrogens with zero attached hydrogens (tertiary/aromatic N) is 2.